The third-order valence-electron chi connectivity index (χ3n) is 1.92. The molecule has 1 N–H and O–H groups in total. The Morgan fingerprint density at radius 1 is 1.11 bits per heavy atom. The van der Waals surface area contributed by atoms with Crippen LogP contribution in [0.15, 0.2) is 30.3 Å². The molecule has 1 aromatic rings. The van der Waals surface area contributed by atoms with Crippen LogP contribution in [0.1, 0.15) is 33.3 Å². The van der Waals surface area contributed by atoms with Gasteiger partial charge in [-0.25, -0.2) is 0 Å². The first kappa shape index (κ1) is 16.9. The fourth-order valence-corrected chi connectivity index (χ4v) is 6.95. The van der Waals surface area contributed by atoms with E-state index in [4.69, 9.17) is 26.3 Å². The van der Waals surface area contributed by atoms with Gasteiger partial charge < -0.3 is 9.05 Å². The molecule has 0 radical (unpaired) electrons. The molecule has 0 aliphatic heterocycles. The number of nitrogens with one attached hydrogen (secondary N) is 1. The molecule has 0 saturated carbocycles. The largest absolute Gasteiger partial charge is 0.319 e. The predicted molar refractivity (Wildman–Crippen MR) is 87.6 cm³/mol. The molecule has 0 saturated heterocycles. The van der Waals surface area contributed by atoms with Gasteiger partial charge in [0.15, 0.2) is 0 Å². The fraction of sp³-hybridized carbons (Fsp3) is 0.462. The topological polar surface area (TPSA) is 42.3 Å². The lowest BCUT2D eigenvalue weighted by molar-refractivity contribution is 0.186. The maximum atomic E-state index is 8.14. The summed E-state index contributed by atoms with van der Waals surface area (Å²) in [4.78, 5) is 0. The summed E-state index contributed by atoms with van der Waals surface area (Å²) in [5.74, 6) is 0. The van der Waals surface area contributed by atoms with Crippen LogP contribution in [0.5, 0.6) is 0 Å². The third-order valence-corrected chi connectivity index (χ3v) is 6.84. The highest BCUT2D eigenvalue weighted by atomic mass is 32.9. The Kier molecular flexibility index (Phi) is 6.71. The minimum absolute atomic E-state index is 0.0133. The zero-order valence-electron chi connectivity index (χ0n) is 11.6. The van der Waals surface area contributed by atoms with E-state index in [1.807, 2.05) is 58.0 Å². The highest BCUT2D eigenvalue weighted by Crippen LogP contribution is 2.63. The monoisotopic (exact) mass is 317 g/mol. The first-order valence-corrected chi connectivity index (χ1v) is 10.2. The van der Waals surface area contributed by atoms with Crippen LogP contribution in [0.2, 0.25) is 0 Å². The van der Waals surface area contributed by atoms with E-state index in [1.165, 1.54) is 11.4 Å². The molecule has 0 fully saturated rings. The minimum Gasteiger partial charge on any atom is -0.319 e. The summed E-state index contributed by atoms with van der Waals surface area (Å²) in [5.41, 5.74) is -1.69. The molecule has 0 bridgehead atoms. The summed E-state index contributed by atoms with van der Waals surface area (Å²) in [7, 11) is 0. The van der Waals surface area contributed by atoms with Crippen molar-refractivity contribution in [2.75, 3.05) is 0 Å². The van der Waals surface area contributed by atoms with Crippen molar-refractivity contribution in [1.29, 1.82) is 5.41 Å². The van der Waals surface area contributed by atoms with Gasteiger partial charge in [0.25, 0.3) is 5.69 Å². The maximum Gasteiger partial charge on any atom is 0.254 e. The van der Waals surface area contributed by atoms with E-state index in [-0.39, 0.29) is 12.2 Å². The first-order valence-electron chi connectivity index (χ1n) is 6.13. The van der Waals surface area contributed by atoms with Crippen molar-refractivity contribution >= 4 is 33.9 Å². The molecule has 0 spiro atoms. The highest BCUT2D eigenvalue weighted by Gasteiger charge is 2.26. The smallest absolute Gasteiger partial charge is 0.254 e. The zero-order chi connectivity index (χ0) is 14.5. The van der Waals surface area contributed by atoms with Gasteiger partial charge in [-0.1, -0.05) is 30.3 Å². The lowest BCUT2D eigenvalue weighted by Crippen LogP contribution is -2.07. The first-order chi connectivity index (χ1) is 8.82. The van der Waals surface area contributed by atoms with Gasteiger partial charge in [0.05, 0.1) is 12.2 Å². The summed E-state index contributed by atoms with van der Waals surface area (Å²) >= 11 is 6.74. The Labute approximate surface area is 124 Å². The van der Waals surface area contributed by atoms with E-state index >= 15 is 0 Å². The quantitative estimate of drug-likeness (QED) is 0.464. The molecule has 1 aromatic carbocycles. The van der Waals surface area contributed by atoms with Crippen molar-refractivity contribution in [3.8, 4) is 0 Å². The summed E-state index contributed by atoms with van der Waals surface area (Å²) in [6.07, 6.45) is -0.0266. The molecule has 0 atom stereocenters. The number of benzene rings is 1. The fourth-order valence-electron chi connectivity index (χ4n) is 1.34. The number of rotatable bonds is 6. The molecular formula is C13H20NO2PS2. The molecule has 106 valence electrons. The van der Waals surface area contributed by atoms with E-state index in [9.17, 15) is 0 Å². The van der Waals surface area contributed by atoms with E-state index in [0.717, 1.165) is 5.56 Å². The van der Waals surface area contributed by atoms with Crippen LogP contribution >= 0.6 is 17.1 Å². The zero-order valence-corrected chi connectivity index (χ0v) is 14.1. The summed E-state index contributed by atoms with van der Waals surface area (Å²) in [5, 5.41) is 8.53. The van der Waals surface area contributed by atoms with Crippen LogP contribution in [0, 0.1) is 5.41 Å². The molecule has 0 unspecified atom stereocenters. The average Bonchev–Trinajstić information content (AvgIpc) is 2.27. The van der Waals surface area contributed by atoms with Crippen LogP contribution in [0.4, 0.5) is 0 Å². The van der Waals surface area contributed by atoms with Gasteiger partial charge in [-0.05, 0) is 50.9 Å². The van der Waals surface area contributed by atoms with Gasteiger partial charge >= 0.3 is 0 Å². The van der Waals surface area contributed by atoms with Crippen molar-refractivity contribution in [2.45, 2.75) is 39.9 Å². The molecule has 0 amide bonds. The van der Waals surface area contributed by atoms with Gasteiger partial charge in [-0.3, -0.25) is 5.41 Å². The van der Waals surface area contributed by atoms with Crippen LogP contribution in [0.25, 0.3) is 0 Å². The second kappa shape index (κ2) is 7.55. The van der Waals surface area contributed by atoms with Crippen LogP contribution in [0.3, 0.4) is 0 Å². The Hall–Kier alpha value is -0.190. The number of hydrogen-bond donors (Lipinski definition) is 1. The summed E-state index contributed by atoms with van der Waals surface area (Å²) < 4.78 is 11.5. The van der Waals surface area contributed by atoms with Crippen molar-refractivity contribution in [2.24, 2.45) is 0 Å². The van der Waals surface area contributed by atoms with Crippen LogP contribution in [-0.4, -0.2) is 17.3 Å². The van der Waals surface area contributed by atoms with Crippen molar-refractivity contribution < 1.29 is 9.05 Å². The summed E-state index contributed by atoms with van der Waals surface area (Å²) in [6.45, 7) is 7.71. The lowest BCUT2D eigenvalue weighted by atomic mass is 10.2. The molecule has 0 aliphatic rings. The third kappa shape index (κ3) is 6.19. The van der Waals surface area contributed by atoms with Gasteiger partial charge in [0.1, 0.15) is 5.04 Å². The van der Waals surface area contributed by atoms with Gasteiger partial charge in [0.2, 0.25) is 0 Å². The second-order valence-electron chi connectivity index (χ2n) is 4.54. The van der Waals surface area contributed by atoms with Crippen molar-refractivity contribution in [3.63, 3.8) is 0 Å². The van der Waals surface area contributed by atoms with E-state index < -0.39 is 5.69 Å². The van der Waals surface area contributed by atoms with E-state index in [1.54, 1.807) is 0 Å². The van der Waals surface area contributed by atoms with Crippen molar-refractivity contribution in [1.82, 2.24) is 0 Å². The Morgan fingerprint density at radius 3 is 2.00 bits per heavy atom. The molecule has 1 rings (SSSR count). The SMILES string of the molecule is CC(C)OP(=S)(OC(C)C)SC(=N)c1ccccc1. The Morgan fingerprint density at radius 2 is 1.58 bits per heavy atom. The summed E-state index contributed by atoms with van der Waals surface area (Å²) in [6, 6.07) is 9.51. The molecule has 0 heterocycles. The van der Waals surface area contributed by atoms with E-state index in [2.05, 4.69) is 0 Å². The molecule has 19 heavy (non-hydrogen) atoms. The van der Waals surface area contributed by atoms with Gasteiger partial charge in [0, 0.05) is 5.56 Å². The maximum absolute atomic E-state index is 8.14. The normalized spacial score (nSPS) is 12.1. The van der Waals surface area contributed by atoms with E-state index in [0.29, 0.717) is 5.04 Å². The molecular weight excluding hydrogens is 297 g/mol. The Balaban J connectivity index is 2.83. The Bertz CT molecular complexity index is 449. The van der Waals surface area contributed by atoms with Gasteiger partial charge in [-0.2, -0.15) is 0 Å². The average molecular weight is 317 g/mol. The van der Waals surface area contributed by atoms with Crippen LogP contribution < -0.4 is 0 Å². The molecule has 0 aliphatic carbocycles. The lowest BCUT2D eigenvalue weighted by Gasteiger charge is -2.25. The second-order valence-corrected chi connectivity index (χ2v) is 10.6. The molecule has 0 aromatic heterocycles. The van der Waals surface area contributed by atoms with Gasteiger partial charge in [-0.15, -0.1) is 0 Å². The predicted octanol–water partition coefficient (Wildman–Crippen LogP) is 4.82. The highest BCUT2D eigenvalue weighted by molar-refractivity contribution is 8.73. The van der Waals surface area contributed by atoms with Crippen molar-refractivity contribution in [3.05, 3.63) is 35.9 Å². The number of hydrogen-bond acceptors (Lipinski definition) is 5. The standard InChI is InChI=1S/C13H20NO2PS2/c1-10(2)15-17(18,16-11(3)4)19-13(14)12-8-6-5-7-9-12/h5-11,14H,1-4H3. The molecule has 6 heteroatoms. The van der Waals surface area contributed by atoms with Crippen LogP contribution in [-0.2, 0) is 20.9 Å². The molecule has 3 nitrogen and oxygen atoms in total. The minimum atomic E-state index is -2.53.